The van der Waals surface area contributed by atoms with Gasteiger partial charge in [-0.2, -0.15) is 0 Å². The van der Waals surface area contributed by atoms with E-state index in [4.69, 9.17) is 9.05 Å². The van der Waals surface area contributed by atoms with Crippen LogP contribution >= 0.6 is 7.82 Å². The van der Waals surface area contributed by atoms with Crippen LogP contribution in [0.5, 0.6) is 0 Å². The van der Waals surface area contributed by atoms with E-state index in [-0.39, 0.29) is 12.5 Å². The Morgan fingerprint density at radius 1 is 0.515 bits per heavy atom. The molecule has 0 aliphatic heterocycles. The number of phosphoric ester groups is 1. The van der Waals surface area contributed by atoms with Crippen molar-refractivity contribution >= 4 is 13.7 Å². The molecular weight excluding hydrogens is 864 g/mol. The minimum atomic E-state index is -4.61. The number of aliphatic hydroxyl groups is 1. The fourth-order valence-corrected chi connectivity index (χ4v) is 8.88. The second-order valence-electron chi connectivity index (χ2n) is 20.6. The van der Waals surface area contributed by atoms with Crippen molar-refractivity contribution < 1.29 is 32.9 Å². The van der Waals surface area contributed by atoms with Crippen LogP contribution < -0.4 is 10.2 Å². The van der Waals surface area contributed by atoms with Crippen LogP contribution in [0.15, 0.2) is 60.8 Å². The molecule has 1 amide bonds. The quantitative estimate of drug-likeness (QED) is 0.0272. The molecule has 68 heavy (non-hydrogen) atoms. The Morgan fingerprint density at radius 2 is 0.868 bits per heavy atom. The van der Waals surface area contributed by atoms with Crippen molar-refractivity contribution in [3.63, 3.8) is 0 Å². The highest BCUT2D eigenvalue weighted by Crippen LogP contribution is 2.38. The fourth-order valence-electron chi connectivity index (χ4n) is 8.16. The average Bonchev–Trinajstić information content (AvgIpc) is 3.30. The molecule has 9 heteroatoms. The zero-order valence-electron chi connectivity index (χ0n) is 45.3. The molecule has 0 radical (unpaired) electrons. The van der Waals surface area contributed by atoms with E-state index in [1.54, 1.807) is 6.08 Å². The van der Waals surface area contributed by atoms with Gasteiger partial charge in [-0.05, 0) is 77.0 Å². The zero-order chi connectivity index (χ0) is 49.9. The number of carbonyl (C=O) groups excluding carboxylic acids is 1. The fraction of sp³-hybridized carbons (Fsp3) is 0.814. The maximum atomic E-state index is 12.9. The number of unbranched alkanes of at least 4 members (excludes halogenated alkanes) is 31. The maximum Gasteiger partial charge on any atom is 0.268 e. The summed E-state index contributed by atoms with van der Waals surface area (Å²) in [6, 6.07) is -0.910. The summed E-state index contributed by atoms with van der Waals surface area (Å²) in [6.45, 7) is 4.60. The third-order valence-corrected chi connectivity index (χ3v) is 13.6. The number of amides is 1. The van der Waals surface area contributed by atoms with Crippen LogP contribution in [0.1, 0.15) is 258 Å². The van der Waals surface area contributed by atoms with Gasteiger partial charge in [0.25, 0.3) is 7.82 Å². The van der Waals surface area contributed by atoms with Crippen LogP contribution in [0.2, 0.25) is 0 Å². The van der Waals surface area contributed by atoms with Crippen LogP contribution in [0.3, 0.4) is 0 Å². The number of phosphoric acid groups is 1. The topological polar surface area (TPSA) is 108 Å². The molecule has 2 N–H and O–H groups in total. The van der Waals surface area contributed by atoms with Crippen molar-refractivity contribution in [2.75, 3.05) is 40.9 Å². The first-order chi connectivity index (χ1) is 33.0. The summed E-state index contributed by atoms with van der Waals surface area (Å²) in [5, 5.41) is 13.8. The molecule has 398 valence electrons. The SMILES string of the molecule is CCCCCCC/C=C\C/C=C\CCCCCCCCCCCCCCCCCCCCCC(=O)NC(COP(=O)([O-])OCC[N+](C)(C)C)C(O)/C=C/CC/C=C/CC/C=C/CCCCCCC. The van der Waals surface area contributed by atoms with E-state index in [2.05, 4.69) is 67.8 Å². The Balaban J connectivity index is 4.11. The Morgan fingerprint density at radius 3 is 1.28 bits per heavy atom. The molecule has 8 nitrogen and oxygen atoms in total. The molecule has 0 bridgehead atoms. The van der Waals surface area contributed by atoms with E-state index in [1.807, 2.05) is 27.2 Å². The Labute approximate surface area is 422 Å². The van der Waals surface area contributed by atoms with Crippen LogP contribution in [0.4, 0.5) is 0 Å². The molecule has 0 spiro atoms. The van der Waals surface area contributed by atoms with Gasteiger partial charge in [0.2, 0.25) is 5.91 Å². The molecule has 0 saturated heterocycles. The number of hydrogen-bond donors (Lipinski definition) is 2. The summed E-state index contributed by atoms with van der Waals surface area (Å²) in [6.07, 6.45) is 67.4. The van der Waals surface area contributed by atoms with E-state index in [9.17, 15) is 19.4 Å². The molecule has 0 aromatic heterocycles. The van der Waals surface area contributed by atoms with E-state index in [1.165, 1.54) is 186 Å². The lowest BCUT2D eigenvalue weighted by atomic mass is 10.0. The number of rotatable bonds is 52. The number of quaternary nitrogens is 1. The standard InChI is InChI=1S/C59H111N2O6P/c1-6-8-10-12-14-16-18-20-22-23-24-25-26-27-28-29-30-31-32-33-34-35-36-37-39-41-43-45-47-49-51-53-59(63)60-57(56-67-68(64,65)66-55-54-61(3,4)5)58(62)52-50-48-46-44-42-40-38-21-19-17-15-13-11-9-7-2/h18-21,23-24,42,44,50,52,57-58,62H,6-17,22,25-41,43,45-49,51,53-56H2,1-5H3,(H-,60,63,64,65)/b20-18-,21-19+,24-23-,44-42+,52-50+. The molecule has 0 aromatic carbocycles. The molecule has 0 aliphatic carbocycles. The van der Waals surface area contributed by atoms with Gasteiger partial charge in [0.15, 0.2) is 0 Å². The van der Waals surface area contributed by atoms with Gasteiger partial charge in [-0.15, -0.1) is 0 Å². The van der Waals surface area contributed by atoms with E-state index in [0.717, 1.165) is 51.4 Å². The van der Waals surface area contributed by atoms with Gasteiger partial charge < -0.3 is 28.8 Å². The highest BCUT2D eigenvalue weighted by molar-refractivity contribution is 7.45. The van der Waals surface area contributed by atoms with Crippen molar-refractivity contribution in [1.82, 2.24) is 5.32 Å². The van der Waals surface area contributed by atoms with Crippen molar-refractivity contribution in [3.05, 3.63) is 60.8 Å². The lowest BCUT2D eigenvalue weighted by Crippen LogP contribution is -2.45. The van der Waals surface area contributed by atoms with Crippen LogP contribution in [0.25, 0.3) is 0 Å². The molecule has 0 fully saturated rings. The van der Waals surface area contributed by atoms with Crippen molar-refractivity contribution in [3.8, 4) is 0 Å². The monoisotopic (exact) mass is 975 g/mol. The molecule has 0 aromatic rings. The number of hydrogen-bond acceptors (Lipinski definition) is 6. The summed E-state index contributed by atoms with van der Waals surface area (Å²) < 4.78 is 23.3. The first-order valence-electron chi connectivity index (χ1n) is 28.7. The minimum absolute atomic E-state index is 0.00952. The van der Waals surface area contributed by atoms with Gasteiger partial charge in [-0.3, -0.25) is 9.36 Å². The number of aliphatic hydroxyl groups excluding tert-OH is 1. The van der Waals surface area contributed by atoms with Crippen LogP contribution in [-0.4, -0.2) is 68.5 Å². The number of nitrogens with one attached hydrogen (secondary N) is 1. The molecule has 0 rings (SSSR count). The van der Waals surface area contributed by atoms with Crippen molar-refractivity contribution in [2.45, 2.75) is 270 Å². The molecule has 0 aliphatic rings. The number of allylic oxidation sites excluding steroid dienone is 9. The van der Waals surface area contributed by atoms with Gasteiger partial charge in [0, 0.05) is 6.42 Å². The Bertz CT molecular complexity index is 1290. The van der Waals surface area contributed by atoms with E-state index < -0.39 is 26.6 Å². The van der Waals surface area contributed by atoms with Crippen molar-refractivity contribution in [1.29, 1.82) is 0 Å². The van der Waals surface area contributed by atoms with Gasteiger partial charge in [-0.25, -0.2) is 0 Å². The second kappa shape index (κ2) is 50.2. The molecule has 3 unspecified atom stereocenters. The largest absolute Gasteiger partial charge is 0.756 e. The number of likely N-dealkylation sites (N-methyl/N-ethyl adjacent to an activating group) is 1. The van der Waals surface area contributed by atoms with Crippen LogP contribution in [-0.2, 0) is 18.4 Å². The summed E-state index contributed by atoms with van der Waals surface area (Å²) in [4.78, 5) is 25.4. The smallest absolute Gasteiger partial charge is 0.268 e. The predicted molar refractivity (Wildman–Crippen MR) is 293 cm³/mol. The minimum Gasteiger partial charge on any atom is -0.756 e. The molecule has 3 atom stereocenters. The Hall–Kier alpha value is -1.80. The number of carbonyl (C=O) groups is 1. The second-order valence-corrected chi connectivity index (χ2v) is 22.0. The third kappa shape index (κ3) is 52.0. The summed E-state index contributed by atoms with van der Waals surface area (Å²) in [5.41, 5.74) is 0. The van der Waals surface area contributed by atoms with Gasteiger partial charge >= 0.3 is 0 Å². The van der Waals surface area contributed by atoms with Gasteiger partial charge in [-0.1, -0.05) is 235 Å². The van der Waals surface area contributed by atoms with Gasteiger partial charge in [0.05, 0.1) is 39.9 Å². The molecule has 0 saturated carbocycles. The predicted octanol–water partition coefficient (Wildman–Crippen LogP) is 16.7. The van der Waals surface area contributed by atoms with E-state index >= 15 is 0 Å². The zero-order valence-corrected chi connectivity index (χ0v) is 46.2. The molecule has 0 heterocycles. The first-order valence-corrected chi connectivity index (χ1v) is 30.1. The summed E-state index contributed by atoms with van der Waals surface area (Å²) in [7, 11) is 1.24. The normalized spacial score (nSPS) is 14.4. The summed E-state index contributed by atoms with van der Waals surface area (Å²) >= 11 is 0. The molecular formula is C59H111N2O6P. The highest BCUT2D eigenvalue weighted by Gasteiger charge is 2.23. The summed E-state index contributed by atoms with van der Waals surface area (Å²) in [5.74, 6) is -0.210. The lowest BCUT2D eigenvalue weighted by molar-refractivity contribution is -0.870. The Kier molecular flexibility index (Phi) is 48.8. The highest BCUT2D eigenvalue weighted by atomic mass is 31.2. The van der Waals surface area contributed by atoms with Crippen molar-refractivity contribution in [2.24, 2.45) is 0 Å². The maximum absolute atomic E-state index is 12.9. The van der Waals surface area contributed by atoms with E-state index in [0.29, 0.717) is 17.4 Å². The lowest BCUT2D eigenvalue weighted by Gasteiger charge is -2.29. The van der Waals surface area contributed by atoms with Gasteiger partial charge in [0.1, 0.15) is 13.2 Å². The van der Waals surface area contributed by atoms with Crippen LogP contribution in [0, 0.1) is 0 Å². The third-order valence-electron chi connectivity index (χ3n) is 12.7. The average molecular weight is 976 g/mol. The number of nitrogens with zero attached hydrogens (tertiary/aromatic N) is 1. The first kappa shape index (κ1) is 66.2.